The van der Waals surface area contributed by atoms with Gasteiger partial charge in [0.15, 0.2) is 0 Å². The average molecular weight is 882 g/mol. The molecule has 0 spiro atoms. The Bertz CT molecular complexity index is 3250. The third-order valence-electron chi connectivity index (χ3n) is 13.2. The minimum absolute atomic E-state index is 1.02. The Morgan fingerprint density at radius 3 is 0.739 bits per heavy atom. The number of aromatic nitrogens is 1. The summed E-state index contributed by atoms with van der Waals surface area (Å²) in [6, 6.07) is 103. The molecule has 0 aliphatic heterocycles. The number of hydrogen-bond acceptors (Lipinski definition) is 2. The van der Waals surface area contributed by atoms with E-state index in [1.54, 1.807) is 0 Å². The Hall–Kier alpha value is -9.18. The molecule has 3 nitrogen and oxygen atoms in total. The van der Waals surface area contributed by atoms with Gasteiger partial charge in [0, 0.05) is 33.5 Å². The van der Waals surface area contributed by atoms with Crippen LogP contribution in [0.2, 0.25) is 0 Å². The first-order chi connectivity index (χ1) is 34.2. The van der Waals surface area contributed by atoms with Gasteiger partial charge in [-0.3, -0.25) is 0 Å². The lowest BCUT2D eigenvalue weighted by Crippen LogP contribution is -2.14. The molecule has 0 atom stereocenters. The molecule has 1 aromatic heterocycles. The molecule has 0 radical (unpaired) electrons. The summed E-state index contributed by atoms with van der Waals surface area (Å²) in [7, 11) is 0. The lowest BCUT2D eigenvalue weighted by atomic mass is 10.0. The van der Waals surface area contributed by atoms with Crippen molar-refractivity contribution in [1.82, 2.24) is 4.57 Å². The summed E-state index contributed by atoms with van der Waals surface area (Å²) in [6.07, 6.45) is 0. The lowest BCUT2D eigenvalue weighted by Gasteiger charge is -2.31. The van der Waals surface area contributed by atoms with Crippen molar-refractivity contribution < 1.29 is 0 Å². The summed E-state index contributed by atoms with van der Waals surface area (Å²) in [6.45, 7) is 0. The molecule has 0 unspecified atom stereocenters. The molecule has 0 amide bonds. The van der Waals surface area contributed by atoms with Crippen molar-refractivity contribution in [2.75, 3.05) is 9.80 Å². The van der Waals surface area contributed by atoms with Crippen LogP contribution < -0.4 is 9.80 Å². The Morgan fingerprint density at radius 1 is 0.203 bits per heavy atom. The number of anilines is 6. The summed E-state index contributed by atoms with van der Waals surface area (Å²) in [5, 5.41) is 2.43. The maximum Gasteiger partial charge on any atom is 0.0541 e. The average Bonchev–Trinajstić information content (AvgIpc) is 3.77. The molecular formula is C66H47N3. The second-order valence-electron chi connectivity index (χ2n) is 17.4. The van der Waals surface area contributed by atoms with E-state index in [9.17, 15) is 0 Å². The van der Waals surface area contributed by atoms with E-state index >= 15 is 0 Å². The number of para-hydroxylation sites is 2. The quantitative estimate of drug-likeness (QED) is 0.128. The van der Waals surface area contributed by atoms with Gasteiger partial charge in [-0.1, -0.05) is 206 Å². The van der Waals surface area contributed by atoms with E-state index in [1.807, 2.05) is 0 Å². The molecule has 0 N–H and O–H groups in total. The number of fused-ring (bicyclic) bond motifs is 3. The second kappa shape index (κ2) is 18.2. The topological polar surface area (TPSA) is 11.4 Å². The fraction of sp³-hybridized carbons (Fsp3) is 0. The molecule has 0 saturated carbocycles. The Kier molecular flexibility index (Phi) is 10.9. The van der Waals surface area contributed by atoms with Crippen molar-refractivity contribution in [2.24, 2.45) is 0 Å². The molecule has 0 saturated heterocycles. The molecule has 0 aliphatic rings. The molecule has 1 heterocycles. The van der Waals surface area contributed by atoms with Crippen molar-refractivity contribution >= 4 is 55.9 Å². The zero-order valence-corrected chi connectivity index (χ0v) is 38.0. The van der Waals surface area contributed by atoms with Gasteiger partial charge in [-0.15, -0.1) is 0 Å². The smallest absolute Gasteiger partial charge is 0.0541 e. The van der Waals surface area contributed by atoms with Crippen LogP contribution in [0.15, 0.2) is 285 Å². The van der Waals surface area contributed by atoms with Crippen LogP contribution in [-0.2, 0) is 0 Å². The third kappa shape index (κ3) is 8.13. The van der Waals surface area contributed by atoms with Gasteiger partial charge in [0.2, 0.25) is 0 Å². The van der Waals surface area contributed by atoms with Gasteiger partial charge in [-0.05, 0) is 123 Å². The molecule has 12 rings (SSSR count). The molecule has 12 aromatic rings. The molecule has 326 valence electrons. The fourth-order valence-electron chi connectivity index (χ4n) is 9.80. The van der Waals surface area contributed by atoms with Crippen LogP contribution in [0.4, 0.5) is 34.1 Å². The predicted octanol–water partition coefficient (Wildman–Crippen LogP) is 18.4. The highest BCUT2D eigenvalue weighted by atomic mass is 15.2. The minimum Gasteiger partial charge on any atom is -0.310 e. The molecular weight excluding hydrogens is 835 g/mol. The van der Waals surface area contributed by atoms with Crippen molar-refractivity contribution in [3.8, 4) is 50.2 Å². The van der Waals surface area contributed by atoms with E-state index in [4.69, 9.17) is 0 Å². The van der Waals surface area contributed by atoms with Crippen molar-refractivity contribution in [3.05, 3.63) is 285 Å². The lowest BCUT2D eigenvalue weighted by molar-refractivity contribution is 1.16. The molecule has 3 heteroatoms. The summed E-state index contributed by atoms with van der Waals surface area (Å²) in [5.74, 6) is 0. The van der Waals surface area contributed by atoms with Crippen LogP contribution in [0.25, 0.3) is 72.0 Å². The molecule has 69 heavy (non-hydrogen) atoms. The molecule has 0 aliphatic carbocycles. The maximum absolute atomic E-state index is 2.43. The second-order valence-corrected chi connectivity index (χ2v) is 17.4. The summed E-state index contributed by atoms with van der Waals surface area (Å²) >= 11 is 0. The van der Waals surface area contributed by atoms with Crippen LogP contribution >= 0.6 is 0 Å². The highest BCUT2D eigenvalue weighted by molar-refractivity contribution is 6.09. The van der Waals surface area contributed by atoms with Crippen LogP contribution in [0, 0.1) is 0 Å². The van der Waals surface area contributed by atoms with Crippen LogP contribution in [0.3, 0.4) is 0 Å². The van der Waals surface area contributed by atoms with Crippen molar-refractivity contribution in [2.45, 2.75) is 0 Å². The zero-order valence-electron chi connectivity index (χ0n) is 38.0. The normalized spacial score (nSPS) is 11.2. The van der Waals surface area contributed by atoms with E-state index in [0.29, 0.717) is 0 Å². The van der Waals surface area contributed by atoms with Crippen LogP contribution in [0.5, 0.6) is 0 Å². The number of benzene rings is 11. The summed E-state index contributed by atoms with van der Waals surface area (Å²) < 4.78 is 2.43. The van der Waals surface area contributed by atoms with Gasteiger partial charge in [0.25, 0.3) is 0 Å². The number of nitrogens with zero attached hydrogens (tertiary/aromatic N) is 3. The van der Waals surface area contributed by atoms with E-state index in [1.165, 1.54) is 55.3 Å². The minimum atomic E-state index is 1.02. The van der Waals surface area contributed by atoms with E-state index in [2.05, 4.69) is 299 Å². The monoisotopic (exact) mass is 881 g/mol. The maximum atomic E-state index is 2.43. The van der Waals surface area contributed by atoms with Crippen molar-refractivity contribution in [3.63, 3.8) is 0 Å². The Balaban J connectivity index is 1.10. The van der Waals surface area contributed by atoms with E-state index < -0.39 is 0 Å². The standard InChI is InChI=1S/C66H47N3/c1-5-17-48(18-6-1)52-29-37-56(38-30-52)67(57-39-31-53(32-40-57)49-19-7-2-8-20-49)60-45-61(47-62(46-60)69-65-27-15-13-25-63(65)64-26-14-16-28-66(64)69)68(58-41-33-54(34-42-58)50-21-9-3-10-22-50)59-43-35-55(36-44-59)51-23-11-4-12-24-51/h1-47H. The third-order valence-corrected chi connectivity index (χ3v) is 13.2. The Labute approximate surface area is 403 Å². The SMILES string of the molecule is c1ccc(-c2ccc(N(c3ccc(-c4ccccc4)cc3)c3cc(N(c4ccc(-c5ccccc5)cc4)c4ccc(-c5ccccc5)cc4)cc(-n4c5ccccc5c5ccccc54)c3)cc2)cc1. The summed E-state index contributed by atoms with van der Waals surface area (Å²) in [4.78, 5) is 4.80. The van der Waals surface area contributed by atoms with Gasteiger partial charge < -0.3 is 14.4 Å². The Morgan fingerprint density at radius 2 is 0.449 bits per heavy atom. The fourth-order valence-corrected chi connectivity index (χ4v) is 9.80. The van der Waals surface area contributed by atoms with E-state index in [-0.39, 0.29) is 0 Å². The molecule has 0 bridgehead atoms. The van der Waals surface area contributed by atoms with Gasteiger partial charge >= 0.3 is 0 Å². The first-order valence-corrected chi connectivity index (χ1v) is 23.6. The zero-order chi connectivity index (χ0) is 45.9. The van der Waals surface area contributed by atoms with Gasteiger partial charge in [0.05, 0.1) is 28.1 Å². The van der Waals surface area contributed by atoms with Crippen LogP contribution in [-0.4, -0.2) is 4.57 Å². The largest absolute Gasteiger partial charge is 0.310 e. The summed E-state index contributed by atoms with van der Waals surface area (Å²) in [5.41, 5.74) is 19.0. The molecule has 11 aromatic carbocycles. The highest BCUT2D eigenvalue weighted by Gasteiger charge is 2.22. The highest BCUT2D eigenvalue weighted by Crippen LogP contribution is 2.45. The number of rotatable bonds is 11. The van der Waals surface area contributed by atoms with E-state index in [0.717, 1.165) is 50.8 Å². The predicted molar refractivity (Wildman–Crippen MR) is 292 cm³/mol. The van der Waals surface area contributed by atoms with Gasteiger partial charge in [-0.2, -0.15) is 0 Å². The first kappa shape index (κ1) is 41.3. The molecule has 0 fully saturated rings. The number of hydrogen-bond donors (Lipinski definition) is 0. The van der Waals surface area contributed by atoms with Gasteiger partial charge in [-0.25, -0.2) is 0 Å². The van der Waals surface area contributed by atoms with Crippen LogP contribution in [0.1, 0.15) is 0 Å². The van der Waals surface area contributed by atoms with Crippen molar-refractivity contribution in [1.29, 1.82) is 0 Å². The van der Waals surface area contributed by atoms with Gasteiger partial charge in [0.1, 0.15) is 0 Å². The first-order valence-electron chi connectivity index (χ1n) is 23.6.